The summed E-state index contributed by atoms with van der Waals surface area (Å²) in [6, 6.07) is 4.50. The third-order valence-corrected chi connectivity index (χ3v) is 2.18. The van der Waals surface area contributed by atoms with E-state index in [1.807, 2.05) is 12.1 Å². The lowest BCUT2D eigenvalue weighted by molar-refractivity contribution is 0.479. The summed E-state index contributed by atoms with van der Waals surface area (Å²) in [4.78, 5) is 0. The third-order valence-electron chi connectivity index (χ3n) is 2.18. The van der Waals surface area contributed by atoms with Crippen molar-refractivity contribution in [3.05, 3.63) is 24.0 Å². The molecule has 0 fully saturated rings. The SMILES string of the molecule is CCC(CC)NCc1cccnn1. The summed E-state index contributed by atoms with van der Waals surface area (Å²) in [6.45, 7) is 5.20. The first-order valence-corrected chi connectivity index (χ1v) is 4.86. The molecule has 0 radical (unpaired) electrons. The Labute approximate surface area is 79.6 Å². The van der Waals surface area contributed by atoms with Gasteiger partial charge in [0, 0.05) is 18.8 Å². The molecule has 3 nitrogen and oxygen atoms in total. The van der Waals surface area contributed by atoms with Gasteiger partial charge in [-0.05, 0) is 25.0 Å². The van der Waals surface area contributed by atoms with Crippen LogP contribution in [0.5, 0.6) is 0 Å². The highest BCUT2D eigenvalue weighted by molar-refractivity contribution is 4.98. The van der Waals surface area contributed by atoms with E-state index in [0.717, 1.165) is 25.1 Å². The number of aromatic nitrogens is 2. The van der Waals surface area contributed by atoms with Crippen molar-refractivity contribution < 1.29 is 0 Å². The van der Waals surface area contributed by atoms with E-state index < -0.39 is 0 Å². The molecule has 1 N–H and O–H groups in total. The summed E-state index contributed by atoms with van der Waals surface area (Å²) in [5.41, 5.74) is 1.01. The Kier molecular flexibility index (Phi) is 4.40. The Hall–Kier alpha value is -0.960. The van der Waals surface area contributed by atoms with Crippen molar-refractivity contribution >= 4 is 0 Å². The molecule has 0 bridgehead atoms. The van der Waals surface area contributed by atoms with Gasteiger partial charge >= 0.3 is 0 Å². The molecule has 0 aliphatic carbocycles. The molecule has 1 rings (SSSR count). The third kappa shape index (κ3) is 3.51. The Balaban J connectivity index is 2.34. The van der Waals surface area contributed by atoms with E-state index in [1.54, 1.807) is 6.20 Å². The minimum Gasteiger partial charge on any atom is -0.308 e. The van der Waals surface area contributed by atoms with Crippen LogP contribution in [0.15, 0.2) is 18.3 Å². The molecular formula is C10H17N3. The predicted molar refractivity (Wildman–Crippen MR) is 53.2 cm³/mol. The van der Waals surface area contributed by atoms with Gasteiger partial charge in [-0.2, -0.15) is 10.2 Å². The molecular weight excluding hydrogens is 162 g/mol. The van der Waals surface area contributed by atoms with Gasteiger partial charge in [-0.25, -0.2) is 0 Å². The Morgan fingerprint density at radius 3 is 2.69 bits per heavy atom. The van der Waals surface area contributed by atoms with E-state index in [2.05, 4.69) is 29.4 Å². The van der Waals surface area contributed by atoms with Gasteiger partial charge in [0.2, 0.25) is 0 Å². The van der Waals surface area contributed by atoms with Crippen molar-refractivity contribution in [2.45, 2.75) is 39.3 Å². The minimum absolute atomic E-state index is 0.599. The number of hydrogen-bond acceptors (Lipinski definition) is 3. The highest BCUT2D eigenvalue weighted by atomic mass is 15.1. The van der Waals surface area contributed by atoms with Gasteiger partial charge in [0.1, 0.15) is 0 Å². The second-order valence-electron chi connectivity index (χ2n) is 3.11. The molecule has 0 spiro atoms. The number of nitrogens with one attached hydrogen (secondary N) is 1. The van der Waals surface area contributed by atoms with Gasteiger partial charge in [0.05, 0.1) is 5.69 Å². The van der Waals surface area contributed by atoms with Crippen LogP contribution in [0.2, 0.25) is 0 Å². The van der Waals surface area contributed by atoms with Crippen LogP contribution < -0.4 is 5.32 Å². The van der Waals surface area contributed by atoms with Crippen LogP contribution in [0.1, 0.15) is 32.4 Å². The molecule has 0 atom stereocenters. The zero-order chi connectivity index (χ0) is 9.52. The van der Waals surface area contributed by atoms with Crippen LogP contribution in [0.25, 0.3) is 0 Å². The van der Waals surface area contributed by atoms with Gasteiger partial charge in [-0.3, -0.25) is 0 Å². The van der Waals surface area contributed by atoms with Gasteiger partial charge in [-0.15, -0.1) is 0 Å². The summed E-state index contributed by atoms with van der Waals surface area (Å²) in [5, 5.41) is 11.3. The van der Waals surface area contributed by atoms with Crippen LogP contribution in [0.4, 0.5) is 0 Å². The van der Waals surface area contributed by atoms with Crippen molar-refractivity contribution in [3.63, 3.8) is 0 Å². The molecule has 13 heavy (non-hydrogen) atoms. The van der Waals surface area contributed by atoms with E-state index in [4.69, 9.17) is 0 Å². The highest BCUT2D eigenvalue weighted by Gasteiger charge is 2.01. The van der Waals surface area contributed by atoms with Crippen LogP contribution in [-0.2, 0) is 6.54 Å². The van der Waals surface area contributed by atoms with Gasteiger partial charge in [0.15, 0.2) is 0 Å². The van der Waals surface area contributed by atoms with E-state index in [9.17, 15) is 0 Å². The van der Waals surface area contributed by atoms with Gasteiger partial charge in [0.25, 0.3) is 0 Å². The van der Waals surface area contributed by atoms with Crippen molar-refractivity contribution in [2.24, 2.45) is 0 Å². The van der Waals surface area contributed by atoms with E-state index >= 15 is 0 Å². The quantitative estimate of drug-likeness (QED) is 0.748. The molecule has 0 saturated carbocycles. The molecule has 1 heterocycles. The fourth-order valence-corrected chi connectivity index (χ4v) is 1.25. The molecule has 0 aliphatic rings. The average molecular weight is 179 g/mol. The molecule has 72 valence electrons. The predicted octanol–water partition coefficient (Wildman–Crippen LogP) is 1.75. The Bertz CT molecular complexity index is 219. The molecule has 0 aromatic carbocycles. The fraction of sp³-hybridized carbons (Fsp3) is 0.600. The maximum Gasteiger partial charge on any atom is 0.0769 e. The largest absolute Gasteiger partial charge is 0.308 e. The second kappa shape index (κ2) is 5.65. The molecule has 0 unspecified atom stereocenters. The van der Waals surface area contributed by atoms with Crippen LogP contribution in [0.3, 0.4) is 0 Å². The summed E-state index contributed by atoms with van der Waals surface area (Å²) < 4.78 is 0. The Morgan fingerprint density at radius 2 is 2.15 bits per heavy atom. The van der Waals surface area contributed by atoms with Gasteiger partial charge < -0.3 is 5.32 Å². The lowest BCUT2D eigenvalue weighted by Crippen LogP contribution is -2.27. The summed E-state index contributed by atoms with van der Waals surface area (Å²) in [7, 11) is 0. The fourth-order valence-electron chi connectivity index (χ4n) is 1.25. The molecule has 1 aromatic rings. The average Bonchev–Trinajstić information content (AvgIpc) is 2.21. The Morgan fingerprint density at radius 1 is 1.38 bits per heavy atom. The molecule has 1 aromatic heterocycles. The minimum atomic E-state index is 0.599. The first kappa shape index (κ1) is 10.1. The maximum absolute atomic E-state index is 4.01. The maximum atomic E-state index is 4.01. The first-order valence-electron chi connectivity index (χ1n) is 4.86. The topological polar surface area (TPSA) is 37.8 Å². The standard InChI is InChI=1S/C10H17N3/c1-3-9(4-2)11-8-10-6-5-7-12-13-10/h5-7,9,11H,3-4,8H2,1-2H3. The van der Waals surface area contributed by atoms with E-state index in [1.165, 1.54) is 0 Å². The van der Waals surface area contributed by atoms with Gasteiger partial charge in [-0.1, -0.05) is 13.8 Å². The summed E-state index contributed by atoms with van der Waals surface area (Å²) >= 11 is 0. The van der Waals surface area contributed by atoms with E-state index in [-0.39, 0.29) is 0 Å². The van der Waals surface area contributed by atoms with Crippen LogP contribution >= 0.6 is 0 Å². The summed E-state index contributed by atoms with van der Waals surface area (Å²) in [5.74, 6) is 0. The van der Waals surface area contributed by atoms with Crippen LogP contribution in [-0.4, -0.2) is 16.2 Å². The van der Waals surface area contributed by atoms with E-state index in [0.29, 0.717) is 6.04 Å². The molecule has 0 amide bonds. The zero-order valence-corrected chi connectivity index (χ0v) is 8.33. The number of hydrogen-bond donors (Lipinski definition) is 1. The van der Waals surface area contributed by atoms with Crippen molar-refractivity contribution in [3.8, 4) is 0 Å². The van der Waals surface area contributed by atoms with Crippen LogP contribution in [0, 0.1) is 0 Å². The normalized spacial score (nSPS) is 10.7. The van der Waals surface area contributed by atoms with Crippen molar-refractivity contribution in [1.82, 2.24) is 15.5 Å². The summed E-state index contributed by atoms with van der Waals surface area (Å²) in [6.07, 6.45) is 4.02. The number of rotatable bonds is 5. The zero-order valence-electron chi connectivity index (χ0n) is 8.33. The molecule has 0 aliphatic heterocycles. The second-order valence-corrected chi connectivity index (χ2v) is 3.11. The highest BCUT2D eigenvalue weighted by Crippen LogP contribution is 1.98. The smallest absolute Gasteiger partial charge is 0.0769 e. The molecule has 0 saturated heterocycles. The van der Waals surface area contributed by atoms with Crippen molar-refractivity contribution in [1.29, 1.82) is 0 Å². The monoisotopic (exact) mass is 179 g/mol. The van der Waals surface area contributed by atoms with Crippen molar-refractivity contribution in [2.75, 3.05) is 0 Å². The first-order chi connectivity index (χ1) is 6.36. The lowest BCUT2D eigenvalue weighted by atomic mass is 10.2. The number of nitrogens with zero attached hydrogens (tertiary/aromatic N) is 2. The lowest BCUT2D eigenvalue weighted by Gasteiger charge is -2.13. The molecule has 3 heteroatoms.